The van der Waals surface area contributed by atoms with Crippen LogP contribution in [0.3, 0.4) is 0 Å². The highest BCUT2D eigenvalue weighted by atomic mass is 79.9. The number of imidazole rings is 1. The summed E-state index contributed by atoms with van der Waals surface area (Å²) in [7, 11) is 0. The Morgan fingerprint density at radius 1 is 1.55 bits per heavy atom. The Balaban J connectivity index is 2.45. The van der Waals surface area contributed by atoms with E-state index in [1.165, 1.54) is 0 Å². The van der Waals surface area contributed by atoms with Crippen LogP contribution in [0.15, 0.2) is 33.7 Å². The fourth-order valence-electron chi connectivity index (χ4n) is 0.854. The largest absolute Gasteiger partial charge is 0.463 e. The molecule has 0 aliphatic heterocycles. The zero-order valence-corrected chi connectivity index (χ0v) is 7.13. The normalized spacial score (nSPS) is 10.3. The SMILES string of the molecule is Brc1ncc(-c2ccco2)[nH]1. The molecule has 0 spiro atoms. The highest BCUT2D eigenvalue weighted by Crippen LogP contribution is 2.18. The maximum Gasteiger partial charge on any atom is 0.174 e. The number of hydrogen-bond acceptors (Lipinski definition) is 2. The van der Waals surface area contributed by atoms with Crippen molar-refractivity contribution in [1.29, 1.82) is 0 Å². The molecule has 11 heavy (non-hydrogen) atoms. The number of H-pyrrole nitrogens is 1. The molecule has 0 aromatic carbocycles. The van der Waals surface area contributed by atoms with E-state index in [0.29, 0.717) is 4.73 Å². The van der Waals surface area contributed by atoms with Crippen LogP contribution >= 0.6 is 15.9 Å². The minimum absolute atomic E-state index is 0.712. The van der Waals surface area contributed by atoms with Gasteiger partial charge in [-0.2, -0.15) is 0 Å². The van der Waals surface area contributed by atoms with E-state index < -0.39 is 0 Å². The number of nitrogens with zero attached hydrogens (tertiary/aromatic N) is 1. The molecule has 2 heterocycles. The van der Waals surface area contributed by atoms with Crippen LogP contribution in [0.25, 0.3) is 11.5 Å². The van der Waals surface area contributed by atoms with E-state index in [2.05, 4.69) is 25.9 Å². The number of aromatic nitrogens is 2. The van der Waals surface area contributed by atoms with E-state index in [1.807, 2.05) is 12.1 Å². The molecule has 2 rings (SSSR count). The van der Waals surface area contributed by atoms with Gasteiger partial charge in [-0.15, -0.1) is 0 Å². The van der Waals surface area contributed by atoms with Gasteiger partial charge < -0.3 is 9.40 Å². The smallest absolute Gasteiger partial charge is 0.174 e. The number of rotatable bonds is 1. The Morgan fingerprint density at radius 3 is 3.00 bits per heavy atom. The summed E-state index contributed by atoms with van der Waals surface area (Å²) < 4.78 is 5.85. The van der Waals surface area contributed by atoms with Crippen molar-refractivity contribution < 1.29 is 4.42 Å². The van der Waals surface area contributed by atoms with E-state index >= 15 is 0 Å². The lowest BCUT2D eigenvalue weighted by molar-refractivity contribution is 0.580. The molecule has 0 unspecified atom stereocenters. The first-order valence-corrected chi connectivity index (χ1v) is 3.90. The highest BCUT2D eigenvalue weighted by molar-refractivity contribution is 9.10. The average Bonchev–Trinajstić information content (AvgIpc) is 2.55. The number of halogens is 1. The van der Waals surface area contributed by atoms with Gasteiger partial charge in [-0.1, -0.05) is 0 Å². The van der Waals surface area contributed by atoms with Gasteiger partial charge in [-0.25, -0.2) is 4.98 Å². The molecule has 2 aromatic heterocycles. The van der Waals surface area contributed by atoms with E-state index in [9.17, 15) is 0 Å². The van der Waals surface area contributed by atoms with Crippen LogP contribution in [0.2, 0.25) is 0 Å². The quantitative estimate of drug-likeness (QED) is 0.790. The molecule has 2 aromatic rings. The predicted octanol–water partition coefficient (Wildman–Crippen LogP) is 2.43. The summed E-state index contributed by atoms with van der Waals surface area (Å²) in [6.07, 6.45) is 3.34. The minimum Gasteiger partial charge on any atom is -0.463 e. The molecule has 0 fully saturated rings. The van der Waals surface area contributed by atoms with Crippen LogP contribution in [-0.4, -0.2) is 9.97 Å². The summed E-state index contributed by atoms with van der Waals surface area (Å²) >= 11 is 3.21. The third kappa shape index (κ3) is 1.21. The van der Waals surface area contributed by atoms with Gasteiger partial charge in [0, 0.05) is 0 Å². The van der Waals surface area contributed by atoms with Gasteiger partial charge in [0.15, 0.2) is 10.5 Å². The van der Waals surface area contributed by atoms with Gasteiger partial charge in [0.1, 0.15) is 5.69 Å². The van der Waals surface area contributed by atoms with Gasteiger partial charge in [0.2, 0.25) is 0 Å². The van der Waals surface area contributed by atoms with E-state index in [1.54, 1.807) is 12.5 Å². The Hall–Kier alpha value is -1.03. The number of nitrogens with one attached hydrogen (secondary N) is 1. The van der Waals surface area contributed by atoms with Gasteiger partial charge in [0.05, 0.1) is 12.5 Å². The van der Waals surface area contributed by atoms with Crippen LogP contribution in [0.4, 0.5) is 0 Å². The van der Waals surface area contributed by atoms with Crippen molar-refractivity contribution in [2.24, 2.45) is 0 Å². The summed E-state index contributed by atoms with van der Waals surface area (Å²) in [6.45, 7) is 0. The van der Waals surface area contributed by atoms with Crippen LogP contribution < -0.4 is 0 Å². The molecular weight excluding hydrogens is 208 g/mol. The molecule has 0 radical (unpaired) electrons. The van der Waals surface area contributed by atoms with Gasteiger partial charge >= 0.3 is 0 Å². The first kappa shape index (κ1) is 6.67. The van der Waals surface area contributed by atoms with Crippen molar-refractivity contribution in [1.82, 2.24) is 9.97 Å². The lowest BCUT2D eigenvalue weighted by atomic mass is 10.4. The Morgan fingerprint density at radius 2 is 2.45 bits per heavy atom. The minimum atomic E-state index is 0.712. The van der Waals surface area contributed by atoms with Crippen molar-refractivity contribution in [3.63, 3.8) is 0 Å². The van der Waals surface area contributed by atoms with E-state index in [-0.39, 0.29) is 0 Å². The average molecular weight is 213 g/mol. The molecule has 0 saturated heterocycles. The number of aromatic amines is 1. The second-order valence-electron chi connectivity index (χ2n) is 2.06. The lowest BCUT2D eigenvalue weighted by Crippen LogP contribution is -1.69. The van der Waals surface area contributed by atoms with Crippen molar-refractivity contribution in [3.8, 4) is 11.5 Å². The fourth-order valence-corrected chi connectivity index (χ4v) is 1.17. The Bertz CT molecular complexity index is 339. The molecule has 0 bridgehead atoms. The monoisotopic (exact) mass is 212 g/mol. The number of furan rings is 1. The molecule has 3 nitrogen and oxygen atoms in total. The molecule has 0 amide bonds. The van der Waals surface area contributed by atoms with E-state index in [0.717, 1.165) is 11.5 Å². The topological polar surface area (TPSA) is 41.8 Å². The number of hydrogen-bond donors (Lipinski definition) is 1. The van der Waals surface area contributed by atoms with Crippen LogP contribution in [-0.2, 0) is 0 Å². The molecule has 56 valence electrons. The third-order valence-corrected chi connectivity index (χ3v) is 1.73. The second-order valence-corrected chi connectivity index (χ2v) is 2.82. The van der Waals surface area contributed by atoms with Crippen LogP contribution in [0.5, 0.6) is 0 Å². The van der Waals surface area contributed by atoms with Gasteiger partial charge in [-0.3, -0.25) is 0 Å². The fraction of sp³-hybridized carbons (Fsp3) is 0. The molecule has 4 heteroatoms. The molecule has 0 atom stereocenters. The summed E-state index contributed by atoms with van der Waals surface area (Å²) in [6, 6.07) is 3.71. The predicted molar refractivity (Wildman–Crippen MR) is 44.0 cm³/mol. The van der Waals surface area contributed by atoms with Crippen molar-refractivity contribution in [2.75, 3.05) is 0 Å². The van der Waals surface area contributed by atoms with Gasteiger partial charge in [-0.05, 0) is 28.1 Å². The van der Waals surface area contributed by atoms with E-state index in [4.69, 9.17) is 4.42 Å². The zero-order chi connectivity index (χ0) is 7.68. The molecular formula is C7H5BrN2O. The Kier molecular flexibility index (Phi) is 1.54. The van der Waals surface area contributed by atoms with Crippen molar-refractivity contribution >= 4 is 15.9 Å². The zero-order valence-electron chi connectivity index (χ0n) is 5.54. The second kappa shape index (κ2) is 2.54. The molecule has 0 saturated carbocycles. The summed E-state index contributed by atoms with van der Waals surface area (Å²) in [5, 5.41) is 0. The van der Waals surface area contributed by atoms with Crippen LogP contribution in [0, 0.1) is 0 Å². The maximum atomic E-state index is 5.14. The first-order chi connectivity index (χ1) is 5.36. The van der Waals surface area contributed by atoms with Crippen LogP contribution in [0.1, 0.15) is 0 Å². The lowest BCUT2D eigenvalue weighted by Gasteiger charge is -1.86. The van der Waals surface area contributed by atoms with Crippen molar-refractivity contribution in [2.45, 2.75) is 0 Å². The highest BCUT2D eigenvalue weighted by Gasteiger charge is 2.02. The molecule has 1 N–H and O–H groups in total. The summed E-state index contributed by atoms with van der Waals surface area (Å²) in [4.78, 5) is 6.96. The third-order valence-electron chi connectivity index (χ3n) is 1.33. The van der Waals surface area contributed by atoms with Crippen molar-refractivity contribution in [3.05, 3.63) is 29.3 Å². The summed E-state index contributed by atoms with van der Waals surface area (Å²) in [5.74, 6) is 0.795. The van der Waals surface area contributed by atoms with Gasteiger partial charge in [0.25, 0.3) is 0 Å². The molecule has 0 aliphatic carbocycles. The first-order valence-electron chi connectivity index (χ1n) is 3.10. The summed E-state index contributed by atoms with van der Waals surface area (Å²) in [5.41, 5.74) is 0.877. The Labute approximate surface area is 71.6 Å². The standard InChI is InChI=1S/C7H5BrN2O/c8-7-9-4-5(10-7)6-2-1-3-11-6/h1-4H,(H,9,10). The molecule has 0 aliphatic rings. The maximum absolute atomic E-state index is 5.14.